The second-order valence-corrected chi connectivity index (χ2v) is 5.90. The third-order valence-corrected chi connectivity index (χ3v) is 4.74. The van der Waals surface area contributed by atoms with Crippen LogP contribution in [0, 0.1) is 13.8 Å². The summed E-state index contributed by atoms with van der Waals surface area (Å²) in [5.74, 6) is -0.727. The molecule has 0 saturated heterocycles. The molecule has 1 heterocycles. The molecule has 2 aromatic rings. The van der Waals surface area contributed by atoms with Gasteiger partial charge in [-0.25, -0.2) is 0 Å². The van der Waals surface area contributed by atoms with Crippen LogP contribution in [0.15, 0.2) is 12.1 Å². The van der Waals surface area contributed by atoms with Crippen LogP contribution in [0.2, 0.25) is 0 Å². The summed E-state index contributed by atoms with van der Waals surface area (Å²) in [6, 6.07) is 4.25. The highest BCUT2D eigenvalue weighted by atomic mass is 16.4. The SMILES string of the molecule is Cc1ccc2c3c([nH]c2c1C)C(C)(C(=O)O)CCC3. The largest absolute Gasteiger partial charge is 0.481 e. The summed E-state index contributed by atoms with van der Waals surface area (Å²) in [5, 5.41) is 10.8. The van der Waals surface area contributed by atoms with Crippen LogP contribution < -0.4 is 0 Å². The molecule has 2 N–H and O–H groups in total. The number of aryl methyl sites for hydroxylation is 3. The van der Waals surface area contributed by atoms with Crippen LogP contribution in [0.25, 0.3) is 10.9 Å². The highest BCUT2D eigenvalue weighted by Gasteiger charge is 2.41. The van der Waals surface area contributed by atoms with E-state index in [1.54, 1.807) is 0 Å². The Morgan fingerprint density at radius 3 is 2.79 bits per heavy atom. The Bertz CT molecular complexity index is 684. The molecule has 0 aliphatic heterocycles. The molecule has 3 rings (SSSR count). The normalized spacial score (nSPS) is 22.5. The fourth-order valence-electron chi connectivity index (χ4n) is 3.25. The molecule has 1 atom stereocenters. The summed E-state index contributed by atoms with van der Waals surface area (Å²) < 4.78 is 0. The van der Waals surface area contributed by atoms with Gasteiger partial charge in [0.25, 0.3) is 0 Å². The number of nitrogens with one attached hydrogen (secondary N) is 1. The van der Waals surface area contributed by atoms with E-state index in [0.717, 1.165) is 24.1 Å². The molecule has 3 nitrogen and oxygen atoms in total. The molecule has 0 bridgehead atoms. The summed E-state index contributed by atoms with van der Waals surface area (Å²) in [6.07, 6.45) is 2.62. The van der Waals surface area contributed by atoms with Crippen molar-refractivity contribution >= 4 is 16.9 Å². The number of aromatic amines is 1. The summed E-state index contributed by atoms with van der Waals surface area (Å²) in [7, 11) is 0. The zero-order valence-corrected chi connectivity index (χ0v) is 11.6. The van der Waals surface area contributed by atoms with Gasteiger partial charge in [-0.15, -0.1) is 0 Å². The van der Waals surface area contributed by atoms with E-state index >= 15 is 0 Å². The molecule has 1 aromatic heterocycles. The van der Waals surface area contributed by atoms with E-state index in [1.165, 1.54) is 22.1 Å². The van der Waals surface area contributed by atoms with Crippen molar-refractivity contribution in [2.75, 3.05) is 0 Å². The number of rotatable bonds is 1. The minimum atomic E-state index is -0.771. The number of carboxylic acid groups (broad SMARTS) is 1. The standard InChI is InChI=1S/C16H19NO2/c1-9-6-7-11-12-5-4-8-16(3,15(18)19)14(12)17-13(11)10(9)2/h6-7,17H,4-5,8H2,1-3H3,(H,18,19). The van der Waals surface area contributed by atoms with Crippen molar-refractivity contribution in [1.82, 2.24) is 4.98 Å². The lowest BCUT2D eigenvalue weighted by Crippen LogP contribution is -2.36. The van der Waals surface area contributed by atoms with Crippen molar-refractivity contribution in [3.05, 3.63) is 34.5 Å². The summed E-state index contributed by atoms with van der Waals surface area (Å²) in [5.41, 5.74) is 4.92. The van der Waals surface area contributed by atoms with Gasteiger partial charge in [-0.05, 0) is 56.7 Å². The van der Waals surface area contributed by atoms with E-state index in [1.807, 2.05) is 6.92 Å². The van der Waals surface area contributed by atoms with Crippen LogP contribution in [0.3, 0.4) is 0 Å². The van der Waals surface area contributed by atoms with Gasteiger partial charge in [-0.3, -0.25) is 4.79 Å². The number of benzene rings is 1. The number of aliphatic carboxylic acids is 1. The highest BCUT2D eigenvalue weighted by Crippen LogP contribution is 2.41. The summed E-state index contributed by atoms with van der Waals surface area (Å²) in [4.78, 5) is 15.1. The number of H-pyrrole nitrogens is 1. The summed E-state index contributed by atoms with van der Waals surface area (Å²) >= 11 is 0. The molecular weight excluding hydrogens is 238 g/mol. The van der Waals surface area contributed by atoms with Crippen molar-refractivity contribution in [1.29, 1.82) is 0 Å². The van der Waals surface area contributed by atoms with Gasteiger partial charge in [-0.2, -0.15) is 0 Å². The van der Waals surface area contributed by atoms with E-state index in [2.05, 4.69) is 31.0 Å². The number of carboxylic acids is 1. The molecule has 0 radical (unpaired) electrons. The first-order chi connectivity index (χ1) is 8.95. The maximum atomic E-state index is 11.6. The topological polar surface area (TPSA) is 53.1 Å². The fourth-order valence-corrected chi connectivity index (χ4v) is 3.25. The second-order valence-electron chi connectivity index (χ2n) is 5.90. The van der Waals surface area contributed by atoms with Crippen molar-refractivity contribution in [3.63, 3.8) is 0 Å². The zero-order valence-electron chi connectivity index (χ0n) is 11.6. The average molecular weight is 257 g/mol. The van der Waals surface area contributed by atoms with E-state index in [0.29, 0.717) is 6.42 Å². The first-order valence-corrected chi connectivity index (χ1v) is 6.80. The van der Waals surface area contributed by atoms with Crippen molar-refractivity contribution in [3.8, 4) is 0 Å². The molecule has 1 aromatic carbocycles. The van der Waals surface area contributed by atoms with Crippen LogP contribution in [-0.4, -0.2) is 16.1 Å². The van der Waals surface area contributed by atoms with Crippen LogP contribution >= 0.6 is 0 Å². The Morgan fingerprint density at radius 2 is 2.11 bits per heavy atom. The molecule has 1 unspecified atom stereocenters. The molecule has 0 fully saturated rings. The van der Waals surface area contributed by atoms with Crippen LogP contribution in [0.1, 0.15) is 42.1 Å². The minimum Gasteiger partial charge on any atom is -0.481 e. The fraction of sp³-hybridized carbons (Fsp3) is 0.438. The van der Waals surface area contributed by atoms with Crippen molar-refractivity contribution in [2.45, 2.75) is 45.4 Å². The van der Waals surface area contributed by atoms with Gasteiger partial charge in [0.05, 0.1) is 0 Å². The first kappa shape index (κ1) is 12.3. The molecule has 19 heavy (non-hydrogen) atoms. The van der Waals surface area contributed by atoms with E-state index in [4.69, 9.17) is 0 Å². The lowest BCUT2D eigenvalue weighted by atomic mass is 9.75. The van der Waals surface area contributed by atoms with Crippen molar-refractivity contribution < 1.29 is 9.90 Å². The average Bonchev–Trinajstić information content (AvgIpc) is 2.75. The Balaban J connectivity index is 2.36. The minimum absolute atomic E-state index is 0.709. The van der Waals surface area contributed by atoms with Crippen molar-refractivity contribution in [2.24, 2.45) is 0 Å². The summed E-state index contributed by atoms with van der Waals surface area (Å²) in [6.45, 7) is 6.02. The molecule has 0 saturated carbocycles. The Kier molecular flexibility index (Phi) is 2.49. The van der Waals surface area contributed by atoms with Gasteiger partial charge in [0, 0.05) is 16.6 Å². The number of hydrogen-bond acceptors (Lipinski definition) is 1. The van der Waals surface area contributed by atoms with Crippen LogP contribution in [0.5, 0.6) is 0 Å². The van der Waals surface area contributed by atoms with Crippen LogP contribution in [-0.2, 0) is 16.6 Å². The Labute approximate surface area is 112 Å². The zero-order chi connectivity index (χ0) is 13.8. The molecule has 3 heteroatoms. The molecule has 1 aliphatic rings. The second kappa shape index (κ2) is 3.86. The number of fused-ring (bicyclic) bond motifs is 3. The molecule has 0 spiro atoms. The van der Waals surface area contributed by atoms with Gasteiger partial charge in [-0.1, -0.05) is 12.1 Å². The van der Waals surface area contributed by atoms with Gasteiger partial charge >= 0.3 is 5.97 Å². The van der Waals surface area contributed by atoms with Gasteiger partial charge in [0.2, 0.25) is 0 Å². The maximum absolute atomic E-state index is 11.6. The Morgan fingerprint density at radius 1 is 1.37 bits per heavy atom. The number of aromatic nitrogens is 1. The molecule has 0 amide bonds. The van der Waals surface area contributed by atoms with Gasteiger partial charge in [0.15, 0.2) is 0 Å². The lowest BCUT2D eigenvalue weighted by molar-refractivity contribution is -0.143. The maximum Gasteiger partial charge on any atom is 0.315 e. The molecular formula is C16H19NO2. The highest BCUT2D eigenvalue weighted by molar-refractivity contribution is 5.92. The van der Waals surface area contributed by atoms with Gasteiger partial charge in [0.1, 0.15) is 5.41 Å². The van der Waals surface area contributed by atoms with E-state index in [-0.39, 0.29) is 0 Å². The quantitative estimate of drug-likeness (QED) is 0.822. The predicted molar refractivity (Wildman–Crippen MR) is 75.7 cm³/mol. The predicted octanol–water partition coefficient (Wildman–Crippen LogP) is 3.46. The monoisotopic (exact) mass is 257 g/mol. The Hall–Kier alpha value is -1.77. The number of hydrogen-bond donors (Lipinski definition) is 2. The smallest absolute Gasteiger partial charge is 0.315 e. The molecule has 100 valence electrons. The lowest BCUT2D eigenvalue weighted by Gasteiger charge is -2.29. The van der Waals surface area contributed by atoms with E-state index < -0.39 is 11.4 Å². The van der Waals surface area contributed by atoms with Crippen LogP contribution in [0.4, 0.5) is 0 Å². The van der Waals surface area contributed by atoms with Gasteiger partial charge < -0.3 is 10.1 Å². The third kappa shape index (κ3) is 1.54. The number of carbonyl (C=O) groups is 1. The third-order valence-electron chi connectivity index (χ3n) is 4.74. The van der Waals surface area contributed by atoms with E-state index in [9.17, 15) is 9.90 Å². The molecule has 1 aliphatic carbocycles. The first-order valence-electron chi connectivity index (χ1n) is 6.80.